The van der Waals surface area contributed by atoms with Crippen molar-refractivity contribution in [3.8, 4) is 11.5 Å². The van der Waals surface area contributed by atoms with Crippen molar-refractivity contribution in [2.45, 2.75) is 25.3 Å². The Morgan fingerprint density at radius 3 is 2.62 bits per heavy atom. The van der Waals surface area contributed by atoms with Crippen molar-refractivity contribution < 1.29 is 15.0 Å². The van der Waals surface area contributed by atoms with Crippen LogP contribution < -0.4 is 5.32 Å². The lowest BCUT2D eigenvalue weighted by Crippen LogP contribution is -2.38. The number of fused-ring (bicyclic) bond motifs is 1. The molecule has 0 aromatic heterocycles. The minimum Gasteiger partial charge on any atom is -0.508 e. The van der Waals surface area contributed by atoms with E-state index < -0.39 is 0 Å². The molecule has 1 aliphatic rings. The molecular weight excluding hydrogens is 266 g/mol. The van der Waals surface area contributed by atoms with E-state index in [0.717, 1.165) is 19.3 Å². The number of hydrogen-bond donors (Lipinski definition) is 3. The highest BCUT2D eigenvalue weighted by molar-refractivity contribution is 5.97. The monoisotopic (exact) mass is 283 g/mol. The fourth-order valence-corrected chi connectivity index (χ4v) is 2.80. The fraction of sp³-hybridized carbons (Fsp3) is 0.235. The van der Waals surface area contributed by atoms with Crippen molar-refractivity contribution in [2.75, 3.05) is 0 Å². The molecule has 4 nitrogen and oxygen atoms in total. The Morgan fingerprint density at radius 1 is 1.10 bits per heavy atom. The maximum atomic E-state index is 12.2. The molecule has 0 aliphatic heterocycles. The van der Waals surface area contributed by atoms with E-state index in [1.54, 1.807) is 0 Å². The van der Waals surface area contributed by atoms with Gasteiger partial charge in [-0.1, -0.05) is 24.3 Å². The van der Waals surface area contributed by atoms with Crippen LogP contribution in [0.25, 0.3) is 0 Å². The average molecular weight is 283 g/mol. The summed E-state index contributed by atoms with van der Waals surface area (Å²) in [6, 6.07) is 12.3. The third-order valence-electron chi connectivity index (χ3n) is 3.91. The highest BCUT2D eigenvalue weighted by atomic mass is 16.3. The van der Waals surface area contributed by atoms with E-state index in [9.17, 15) is 15.0 Å². The number of amides is 1. The molecule has 1 aliphatic carbocycles. The van der Waals surface area contributed by atoms with Crippen LogP contribution in [0.3, 0.4) is 0 Å². The van der Waals surface area contributed by atoms with Gasteiger partial charge in [0.25, 0.3) is 5.91 Å². The number of phenols is 2. The van der Waals surface area contributed by atoms with Crippen molar-refractivity contribution in [3.63, 3.8) is 0 Å². The van der Waals surface area contributed by atoms with Crippen LogP contribution in [0.5, 0.6) is 11.5 Å². The lowest BCUT2D eigenvalue weighted by Gasteiger charge is -2.25. The van der Waals surface area contributed by atoms with Gasteiger partial charge in [-0.2, -0.15) is 0 Å². The van der Waals surface area contributed by atoms with Gasteiger partial charge in [-0.05, 0) is 42.5 Å². The molecule has 2 aromatic rings. The lowest BCUT2D eigenvalue weighted by atomic mass is 9.88. The second-order valence-corrected chi connectivity index (χ2v) is 5.38. The predicted molar refractivity (Wildman–Crippen MR) is 79.5 cm³/mol. The SMILES string of the molecule is O=C(NC1CCc2ccccc2C1)c1ccc(O)cc1O. The van der Waals surface area contributed by atoms with Gasteiger partial charge < -0.3 is 15.5 Å². The van der Waals surface area contributed by atoms with Gasteiger partial charge >= 0.3 is 0 Å². The Bertz CT molecular complexity index is 681. The number of aryl methyl sites for hydroxylation is 1. The number of rotatable bonds is 2. The van der Waals surface area contributed by atoms with Crippen molar-refractivity contribution in [2.24, 2.45) is 0 Å². The van der Waals surface area contributed by atoms with Gasteiger partial charge in [0.15, 0.2) is 0 Å². The molecule has 0 bridgehead atoms. The number of carbonyl (C=O) groups excluding carboxylic acids is 1. The van der Waals surface area contributed by atoms with E-state index in [2.05, 4.69) is 17.4 Å². The van der Waals surface area contributed by atoms with E-state index in [0.29, 0.717) is 0 Å². The maximum absolute atomic E-state index is 12.2. The summed E-state index contributed by atoms with van der Waals surface area (Å²) in [4.78, 5) is 12.2. The zero-order valence-corrected chi connectivity index (χ0v) is 11.5. The molecule has 1 unspecified atom stereocenters. The maximum Gasteiger partial charge on any atom is 0.255 e. The highest BCUT2D eigenvalue weighted by Crippen LogP contribution is 2.24. The standard InChI is InChI=1S/C17H17NO3/c19-14-7-8-15(16(20)10-14)17(21)18-13-6-5-11-3-1-2-4-12(11)9-13/h1-4,7-8,10,13,19-20H,5-6,9H2,(H,18,21). The number of aromatic hydroxyl groups is 2. The van der Waals surface area contributed by atoms with Crippen LogP contribution in [-0.2, 0) is 12.8 Å². The van der Waals surface area contributed by atoms with Gasteiger partial charge in [0, 0.05) is 12.1 Å². The molecule has 0 heterocycles. The largest absolute Gasteiger partial charge is 0.508 e. The zero-order valence-electron chi connectivity index (χ0n) is 11.5. The first-order chi connectivity index (χ1) is 10.1. The van der Waals surface area contributed by atoms with Crippen molar-refractivity contribution in [1.29, 1.82) is 0 Å². The first-order valence-electron chi connectivity index (χ1n) is 7.03. The van der Waals surface area contributed by atoms with Crippen LogP contribution in [-0.4, -0.2) is 22.2 Å². The second kappa shape index (κ2) is 5.48. The second-order valence-electron chi connectivity index (χ2n) is 5.38. The van der Waals surface area contributed by atoms with Gasteiger partial charge in [0.2, 0.25) is 0 Å². The third-order valence-corrected chi connectivity index (χ3v) is 3.91. The Balaban J connectivity index is 1.71. The van der Waals surface area contributed by atoms with Crippen molar-refractivity contribution in [1.82, 2.24) is 5.32 Å². The number of benzene rings is 2. The topological polar surface area (TPSA) is 69.6 Å². The molecule has 2 aromatic carbocycles. The van der Waals surface area contributed by atoms with Crippen LogP contribution in [0.15, 0.2) is 42.5 Å². The summed E-state index contributed by atoms with van der Waals surface area (Å²) < 4.78 is 0. The highest BCUT2D eigenvalue weighted by Gasteiger charge is 2.21. The smallest absolute Gasteiger partial charge is 0.255 e. The molecule has 0 spiro atoms. The van der Waals surface area contributed by atoms with E-state index in [4.69, 9.17) is 0 Å². The Kier molecular flexibility index (Phi) is 3.52. The van der Waals surface area contributed by atoms with Crippen LogP contribution in [0.1, 0.15) is 27.9 Å². The summed E-state index contributed by atoms with van der Waals surface area (Å²) in [5, 5.41) is 21.9. The van der Waals surface area contributed by atoms with E-state index in [1.807, 2.05) is 12.1 Å². The minimum atomic E-state index is -0.308. The van der Waals surface area contributed by atoms with Gasteiger partial charge in [0.05, 0.1) is 5.56 Å². The molecule has 0 radical (unpaired) electrons. The number of nitrogens with one attached hydrogen (secondary N) is 1. The van der Waals surface area contributed by atoms with Gasteiger partial charge in [-0.25, -0.2) is 0 Å². The van der Waals surface area contributed by atoms with Crippen LogP contribution in [0.4, 0.5) is 0 Å². The summed E-state index contributed by atoms with van der Waals surface area (Å²) in [5.41, 5.74) is 2.80. The van der Waals surface area contributed by atoms with Crippen LogP contribution in [0.2, 0.25) is 0 Å². The molecular formula is C17H17NO3. The summed E-state index contributed by atoms with van der Waals surface area (Å²) >= 11 is 0. The summed E-state index contributed by atoms with van der Waals surface area (Å²) in [6.45, 7) is 0. The van der Waals surface area contributed by atoms with Crippen molar-refractivity contribution >= 4 is 5.91 Å². The van der Waals surface area contributed by atoms with E-state index in [1.165, 1.54) is 29.3 Å². The number of phenolic OH excluding ortho intramolecular Hbond substituents is 2. The number of carbonyl (C=O) groups is 1. The average Bonchev–Trinajstić information content (AvgIpc) is 2.47. The first-order valence-corrected chi connectivity index (χ1v) is 7.03. The van der Waals surface area contributed by atoms with Gasteiger partial charge in [0.1, 0.15) is 11.5 Å². The molecule has 108 valence electrons. The molecule has 21 heavy (non-hydrogen) atoms. The molecule has 3 N–H and O–H groups in total. The summed E-state index contributed by atoms with van der Waals surface area (Å²) in [7, 11) is 0. The first kappa shape index (κ1) is 13.5. The Labute approximate surface area is 123 Å². The Hall–Kier alpha value is -2.49. The van der Waals surface area contributed by atoms with Crippen molar-refractivity contribution in [3.05, 3.63) is 59.2 Å². The van der Waals surface area contributed by atoms with Crippen LogP contribution >= 0.6 is 0 Å². The molecule has 1 atom stereocenters. The number of hydrogen-bond acceptors (Lipinski definition) is 3. The Morgan fingerprint density at radius 2 is 1.86 bits per heavy atom. The van der Waals surface area contributed by atoms with E-state index in [-0.39, 0.29) is 29.0 Å². The zero-order chi connectivity index (χ0) is 14.8. The van der Waals surface area contributed by atoms with Gasteiger partial charge in [-0.15, -0.1) is 0 Å². The molecule has 0 saturated heterocycles. The molecule has 4 heteroatoms. The van der Waals surface area contributed by atoms with Gasteiger partial charge in [-0.3, -0.25) is 4.79 Å². The quantitative estimate of drug-likeness (QED) is 0.792. The lowest BCUT2D eigenvalue weighted by molar-refractivity contribution is 0.0931. The summed E-state index contributed by atoms with van der Waals surface area (Å²) in [6.07, 6.45) is 2.64. The third kappa shape index (κ3) is 2.84. The predicted octanol–water partition coefficient (Wildman–Crippen LogP) is 2.39. The molecule has 0 saturated carbocycles. The summed E-state index contributed by atoms with van der Waals surface area (Å²) in [5.74, 6) is -0.573. The van der Waals surface area contributed by atoms with Crippen LogP contribution in [0, 0.1) is 0 Å². The van der Waals surface area contributed by atoms with E-state index >= 15 is 0 Å². The molecule has 1 amide bonds. The normalized spacial score (nSPS) is 17.0. The fourth-order valence-electron chi connectivity index (χ4n) is 2.80. The molecule has 3 rings (SSSR count). The minimum absolute atomic E-state index is 0.0596. The molecule has 0 fully saturated rings.